The molecular weight excluding hydrogens is 256 g/mol. The monoisotopic (exact) mass is 282 g/mol. The van der Waals surface area contributed by atoms with Crippen LogP contribution in [0.3, 0.4) is 0 Å². The minimum atomic E-state index is -0.855. The van der Waals surface area contributed by atoms with Crippen LogP contribution in [0.25, 0.3) is 0 Å². The smallest absolute Gasteiger partial charge is 0.314 e. The molecule has 2 aliphatic heterocycles. The van der Waals surface area contributed by atoms with Crippen LogP contribution in [0, 0.1) is 16.7 Å². The Balaban J connectivity index is 1.83. The molecule has 0 spiro atoms. The van der Waals surface area contributed by atoms with Gasteiger partial charge in [-0.3, -0.25) is 4.79 Å². The molecular formula is C16H26O4. The zero-order valence-corrected chi connectivity index (χ0v) is 13.0. The second kappa shape index (κ2) is 4.44. The van der Waals surface area contributed by atoms with Gasteiger partial charge in [-0.25, -0.2) is 4.89 Å². The van der Waals surface area contributed by atoms with Crippen molar-refractivity contribution in [1.29, 1.82) is 0 Å². The van der Waals surface area contributed by atoms with Crippen molar-refractivity contribution in [2.45, 2.75) is 78.1 Å². The summed E-state index contributed by atoms with van der Waals surface area (Å²) in [6, 6.07) is 0. The van der Waals surface area contributed by atoms with Crippen molar-refractivity contribution >= 4 is 5.97 Å². The number of rotatable bonds is 3. The molecule has 4 unspecified atom stereocenters. The molecule has 0 aromatic carbocycles. The van der Waals surface area contributed by atoms with E-state index in [4.69, 9.17) is 14.5 Å². The zero-order valence-electron chi connectivity index (χ0n) is 13.0. The van der Waals surface area contributed by atoms with E-state index in [1.54, 1.807) is 0 Å². The van der Waals surface area contributed by atoms with Crippen molar-refractivity contribution in [3.8, 4) is 0 Å². The normalized spacial score (nSPS) is 43.4. The summed E-state index contributed by atoms with van der Waals surface area (Å²) in [7, 11) is 0. The van der Waals surface area contributed by atoms with E-state index in [1.165, 1.54) is 6.42 Å². The second-order valence-electron chi connectivity index (χ2n) is 8.04. The molecule has 2 aliphatic carbocycles. The Morgan fingerprint density at radius 3 is 2.75 bits per heavy atom. The molecule has 4 heteroatoms. The first-order valence-corrected chi connectivity index (χ1v) is 7.84. The number of fused-ring (bicyclic) bond motifs is 1. The van der Waals surface area contributed by atoms with E-state index in [0.29, 0.717) is 5.92 Å². The van der Waals surface area contributed by atoms with Crippen LogP contribution in [0.2, 0.25) is 0 Å². The highest BCUT2D eigenvalue weighted by molar-refractivity contribution is 5.76. The third kappa shape index (κ3) is 2.37. The average Bonchev–Trinajstić information content (AvgIpc) is 2.51. The summed E-state index contributed by atoms with van der Waals surface area (Å²) >= 11 is 0. The van der Waals surface area contributed by atoms with Gasteiger partial charge in [-0.15, -0.1) is 0 Å². The molecule has 4 atom stereocenters. The van der Waals surface area contributed by atoms with Gasteiger partial charge in [0.25, 0.3) is 0 Å². The van der Waals surface area contributed by atoms with Gasteiger partial charge in [-0.2, -0.15) is 4.89 Å². The van der Waals surface area contributed by atoms with Crippen LogP contribution in [0.15, 0.2) is 0 Å². The van der Waals surface area contributed by atoms with E-state index in [2.05, 4.69) is 6.92 Å². The molecule has 4 bridgehead atoms. The zero-order chi connectivity index (χ0) is 14.6. The number of ether oxygens (including phenoxy) is 1. The Morgan fingerprint density at radius 2 is 2.10 bits per heavy atom. The minimum Gasteiger partial charge on any atom is -0.430 e. The molecule has 0 aromatic rings. The van der Waals surface area contributed by atoms with Crippen LogP contribution in [0.1, 0.15) is 66.2 Å². The Morgan fingerprint density at radius 1 is 1.35 bits per heavy atom. The largest absolute Gasteiger partial charge is 0.430 e. The summed E-state index contributed by atoms with van der Waals surface area (Å²) in [5, 5.41) is 0. The molecule has 2 saturated carbocycles. The number of carbonyl (C=O) groups excluding carboxylic acids is 1. The van der Waals surface area contributed by atoms with Crippen LogP contribution >= 0.6 is 0 Å². The van der Waals surface area contributed by atoms with Crippen molar-refractivity contribution in [2.75, 3.05) is 0 Å². The first-order chi connectivity index (χ1) is 9.26. The lowest BCUT2D eigenvalue weighted by Gasteiger charge is -2.48. The summed E-state index contributed by atoms with van der Waals surface area (Å²) in [5.74, 6) is -0.480. The molecule has 0 amide bonds. The first-order valence-electron chi connectivity index (χ1n) is 7.84. The molecule has 114 valence electrons. The van der Waals surface area contributed by atoms with E-state index in [-0.39, 0.29) is 17.5 Å². The Hall–Kier alpha value is -0.610. The van der Waals surface area contributed by atoms with Crippen molar-refractivity contribution in [1.82, 2.24) is 0 Å². The van der Waals surface area contributed by atoms with E-state index >= 15 is 0 Å². The van der Waals surface area contributed by atoms with Gasteiger partial charge in [-0.05, 0) is 50.9 Å². The molecule has 0 N–H and O–H groups in total. The molecule has 20 heavy (non-hydrogen) atoms. The summed E-state index contributed by atoms with van der Waals surface area (Å²) in [4.78, 5) is 23.7. The molecule has 2 saturated heterocycles. The maximum absolute atomic E-state index is 12.4. The average molecular weight is 282 g/mol. The predicted molar refractivity (Wildman–Crippen MR) is 73.5 cm³/mol. The summed E-state index contributed by atoms with van der Waals surface area (Å²) in [5.41, 5.74) is -0.291. The number of carbonyl (C=O) groups is 1. The summed E-state index contributed by atoms with van der Waals surface area (Å²) in [6.07, 6.45) is 5.72. The SMILES string of the molecule is CCC(C)(C)C(=O)OC12CC3CC(CC(C)(C3)C1)OO2. The highest BCUT2D eigenvalue weighted by atomic mass is 17.2. The standard InChI is InChI=1S/C16H26O4/c1-5-14(2,3)13(17)18-16-8-11-6-12(19-20-16)9-15(4,7-11)10-16/h11-12H,5-10H2,1-4H3. The van der Waals surface area contributed by atoms with E-state index in [0.717, 1.165) is 32.1 Å². The predicted octanol–water partition coefficient (Wildman–Crippen LogP) is 3.59. The van der Waals surface area contributed by atoms with Crippen molar-refractivity contribution in [3.05, 3.63) is 0 Å². The Bertz CT molecular complexity index is 419. The van der Waals surface area contributed by atoms with Gasteiger partial charge in [0.15, 0.2) is 0 Å². The van der Waals surface area contributed by atoms with Gasteiger partial charge in [-0.1, -0.05) is 13.8 Å². The third-order valence-electron chi connectivity index (χ3n) is 5.45. The fourth-order valence-corrected chi connectivity index (χ4v) is 4.17. The van der Waals surface area contributed by atoms with Crippen molar-refractivity contribution in [3.63, 3.8) is 0 Å². The molecule has 4 aliphatic rings. The summed E-state index contributed by atoms with van der Waals surface area (Å²) in [6.45, 7) is 8.12. The maximum atomic E-state index is 12.4. The maximum Gasteiger partial charge on any atom is 0.314 e. The first kappa shape index (κ1) is 14.3. The molecule has 4 rings (SSSR count). The van der Waals surface area contributed by atoms with Crippen LogP contribution < -0.4 is 0 Å². The van der Waals surface area contributed by atoms with Crippen LogP contribution in [-0.2, 0) is 19.3 Å². The number of hydrogen-bond donors (Lipinski definition) is 0. The quantitative estimate of drug-likeness (QED) is 0.586. The lowest BCUT2D eigenvalue weighted by molar-refractivity contribution is -0.426. The highest BCUT2D eigenvalue weighted by Crippen LogP contribution is 2.57. The molecule has 0 radical (unpaired) electrons. The Labute approximate surface area is 121 Å². The lowest BCUT2D eigenvalue weighted by atomic mass is 9.60. The molecule has 0 aromatic heterocycles. The van der Waals surface area contributed by atoms with Crippen LogP contribution in [-0.4, -0.2) is 17.9 Å². The Kier molecular flexibility index (Phi) is 3.18. The van der Waals surface area contributed by atoms with Gasteiger partial charge < -0.3 is 4.74 Å². The molecule has 4 nitrogen and oxygen atoms in total. The van der Waals surface area contributed by atoms with Crippen molar-refractivity contribution in [2.24, 2.45) is 16.7 Å². The fraction of sp³-hybridized carbons (Fsp3) is 0.938. The topological polar surface area (TPSA) is 44.8 Å². The lowest BCUT2D eigenvalue weighted by Crippen LogP contribution is -2.49. The van der Waals surface area contributed by atoms with E-state index in [1.807, 2.05) is 20.8 Å². The van der Waals surface area contributed by atoms with E-state index in [9.17, 15) is 4.79 Å². The van der Waals surface area contributed by atoms with Gasteiger partial charge in [0.2, 0.25) is 5.79 Å². The number of hydrogen-bond acceptors (Lipinski definition) is 4. The van der Waals surface area contributed by atoms with Crippen molar-refractivity contribution < 1.29 is 19.3 Å². The molecule has 2 heterocycles. The summed E-state index contributed by atoms with van der Waals surface area (Å²) < 4.78 is 5.86. The third-order valence-corrected chi connectivity index (χ3v) is 5.45. The van der Waals surface area contributed by atoms with Gasteiger partial charge in [0.1, 0.15) is 0 Å². The minimum absolute atomic E-state index is 0.168. The fourth-order valence-electron chi connectivity index (χ4n) is 4.17. The van der Waals surface area contributed by atoms with Gasteiger partial charge >= 0.3 is 5.97 Å². The number of esters is 1. The van der Waals surface area contributed by atoms with Crippen LogP contribution in [0.5, 0.6) is 0 Å². The second-order valence-corrected chi connectivity index (χ2v) is 8.04. The molecule has 4 fully saturated rings. The van der Waals surface area contributed by atoms with Gasteiger partial charge in [0.05, 0.1) is 11.5 Å². The van der Waals surface area contributed by atoms with Crippen LogP contribution in [0.4, 0.5) is 0 Å². The highest BCUT2D eigenvalue weighted by Gasteiger charge is 2.57. The van der Waals surface area contributed by atoms with Gasteiger partial charge in [0, 0.05) is 12.8 Å². The van der Waals surface area contributed by atoms with E-state index < -0.39 is 11.2 Å².